The molecule has 1 N–H and O–H groups in total. The predicted octanol–water partition coefficient (Wildman–Crippen LogP) is 5.08. The fourth-order valence-electron chi connectivity index (χ4n) is 1.71. The summed E-state index contributed by atoms with van der Waals surface area (Å²) in [5.41, 5.74) is 2.60. The van der Waals surface area contributed by atoms with Crippen LogP contribution >= 0.6 is 27.3 Å². The summed E-state index contributed by atoms with van der Waals surface area (Å²) in [5.74, 6) is 0. The Bertz CT molecular complexity index is 461. The Morgan fingerprint density at radius 2 is 2.00 bits per heavy atom. The Kier molecular flexibility index (Phi) is 4.63. The van der Waals surface area contributed by atoms with Crippen LogP contribution in [0.3, 0.4) is 0 Å². The van der Waals surface area contributed by atoms with Crippen LogP contribution in [0, 0.1) is 0 Å². The molecule has 0 saturated carbocycles. The van der Waals surface area contributed by atoms with Crippen molar-refractivity contribution < 1.29 is 0 Å². The largest absolute Gasteiger partial charge is 0.380 e. The van der Waals surface area contributed by atoms with Crippen LogP contribution in [0.4, 0.5) is 5.69 Å². The van der Waals surface area contributed by atoms with Gasteiger partial charge in [-0.25, -0.2) is 0 Å². The number of aryl methyl sites for hydroxylation is 1. The predicted molar refractivity (Wildman–Crippen MR) is 79.8 cm³/mol. The first-order valence-corrected chi connectivity index (χ1v) is 7.51. The van der Waals surface area contributed by atoms with Gasteiger partial charge in [0.2, 0.25) is 0 Å². The van der Waals surface area contributed by atoms with Crippen LogP contribution in [0.2, 0.25) is 0 Å². The molecule has 0 unspecified atom stereocenters. The van der Waals surface area contributed by atoms with Crippen LogP contribution in [-0.4, -0.2) is 0 Å². The van der Waals surface area contributed by atoms with Gasteiger partial charge in [-0.1, -0.05) is 25.5 Å². The summed E-state index contributed by atoms with van der Waals surface area (Å²) in [7, 11) is 0. The minimum atomic E-state index is 0.892. The van der Waals surface area contributed by atoms with Crippen molar-refractivity contribution in [2.24, 2.45) is 0 Å². The van der Waals surface area contributed by atoms with E-state index in [2.05, 4.69) is 63.9 Å². The minimum absolute atomic E-state index is 0.892. The van der Waals surface area contributed by atoms with Crippen LogP contribution in [-0.2, 0) is 13.0 Å². The Balaban J connectivity index is 1.90. The number of hydrogen-bond donors (Lipinski definition) is 1. The molecule has 0 amide bonds. The Morgan fingerprint density at radius 3 is 2.59 bits per heavy atom. The summed E-state index contributed by atoms with van der Waals surface area (Å²) in [5, 5.41) is 5.55. The second-order valence-electron chi connectivity index (χ2n) is 4.03. The molecule has 2 aromatic rings. The van der Waals surface area contributed by atoms with E-state index in [1.807, 2.05) is 0 Å². The van der Waals surface area contributed by atoms with E-state index in [0.717, 1.165) is 17.4 Å². The van der Waals surface area contributed by atoms with Gasteiger partial charge < -0.3 is 5.32 Å². The van der Waals surface area contributed by atoms with Gasteiger partial charge in [0, 0.05) is 27.0 Å². The van der Waals surface area contributed by atoms with Crippen molar-refractivity contribution in [3.05, 3.63) is 50.6 Å². The zero-order chi connectivity index (χ0) is 12.1. The molecule has 0 fully saturated rings. The number of hydrogen-bond acceptors (Lipinski definition) is 2. The molecule has 0 atom stereocenters. The quantitative estimate of drug-likeness (QED) is 0.812. The molecule has 1 heterocycles. The van der Waals surface area contributed by atoms with Crippen LogP contribution < -0.4 is 5.32 Å². The summed E-state index contributed by atoms with van der Waals surface area (Å²) in [4.78, 5) is 1.34. The van der Waals surface area contributed by atoms with Gasteiger partial charge in [0.15, 0.2) is 0 Å². The molecule has 1 aromatic heterocycles. The second kappa shape index (κ2) is 6.22. The van der Waals surface area contributed by atoms with Crippen molar-refractivity contribution in [2.45, 2.75) is 26.3 Å². The maximum atomic E-state index is 3.47. The van der Waals surface area contributed by atoms with Gasteiger partial charge in [0.25, 0.3) is 0 Å². The summed E-state index contributed by atoms with van der Waals surface area (Å²) < 4.78 is 1.16. The maximum Gasteiger partial charge on any atom is 0.0494 e. The summed E-state index contributed by atoms with van der Waals surface area (Å²) in [6.07, 6.45) is 2.37. The molecular weight excluding hydrogens is 294 g/mol. The zero-order valence-corrected chi connectivity index (χ0v) is 12.3. The molecule has 17 heavy (non-hydrogen) atoms. The topological polar surface area (TPSA) is 12.0 Å². The number of nitrogens with one attached hydrogen (secondary N) is 1. The van der Waals surface area contributed by atoms with Gasteiger partial charge in [-0.05, 0) is 46.1 Å². The minimum Gasteiger partial charge on any atom is -0.380 e. The number of anilines is 1. The molecule has 2 rings (SSSR count). The summed E-state index contributed by atoms with van der Waals surface area (Å²) in [6.45, 7) is 3.10. The SMILES string of the molecule is CCCc1ccc(NCc2cc(Br)cs2)cc1. The lowest BCUT2D eigenvalue weighted by atomic mass is 10.1. The molecule has 0 aliphatic carbocycles. The molecule has 0 bridgehead atoms. The first kappa shape index (κ1) is 12.7. The van der Waals surface area contributed by atoms with E-state index in [0.29, 0.717) is 0 Å². The lowest BCUT2D eigenvalue weighted by molar-refractivity contribution is 0.922. The van der Waals surface area contributed by atoms with Gasteiger partial charge in [0.05, 0.1) is 0 Å². The highest BCUT2D eigenvalue weighted by atomic mass is 79.9. The molecule has 0 aliphatic rings. The zero-order valence-electron chi connectivity index (χ0n) is 9.87. The monoisotopic (exact) mass is 309 g/mol. The highest BCUT2D eigenvalue weighted by Gasteiger charge is 1.98. The molecular formula is C14H16BrNS. The fourth-order valence-corrected chi connectivity index (χ4v) is 3.10. The first-order chi connectivity index (χ1) is 8.28. The molecule has 0 spiro atoms. The van der Waals surface area contributed by atoms with Crippen molar-refractivity contribution in [1.29, 1.82) is 0 Å². The smallest absolute Gasteiger partial charge is 0.0494 e. The Labute approximate surface area is 115 Å². The van der Waals surface area contributed by atoms with Crippen molar-refractivity contribution in [3.63, 3.8) is 0 Å². The normalized spacial score (nSPS) is 10.5. The molecule has 3 heteroatoms. The second-order valence-corrected chi connectivity index (χ2v) is 5.94. The van der Waals surface area contributed by atoms with E-state index in [9.17, 15) is 0 Å². The average Bonchev–Trinajstić information content (AvgIpc) is 2.75. The van der Waals surface area contributed by atoms with E-state index < -0.39 is 0 Å². The molecule has 1 nitrogen and oxygen atoms in total. The van der Waals surface area contributed by atoms with Crippen LogP contribution in [0.1, 0.15) is 23.8 Å². The van der Waals surface area contributed by atoms with Gasteiger partial charge in [-0.3, -0.25) is 0 Å². The van der Waals surface area contributed by atoms with Gasteiger partial charge in [0.1, 0.15) is 0 Å². The van der Waals surface area contributed by atoms with Crippen LogP contribution in [0.15, 0.2) is 40.2 Å². The van der Waals surface area contributed by atoms with Gasteiger partial charge in [-0.2, -0.15) is 0 Å². The lowest BCUT2D eigenvalue weighted by Crippen LogP contribution is -1.97. The first-order valence-electron chi connectivity index (χ1n) is 5.83. The lowest BCUT2D eigenvalue weighted by Gasteiger charge is -2.05. The molecule has 90 valence electrons. The van der Waals surface area contributed by atoms with E-state index >= 15 is 0 Å². The molecule has 1 aromatic carbocycles. The fraction of sp³-hybridized carbons (Fsp3) is 0.286. The number of halogens is 1. The summed E-state index contributed by atoms with van der Waals surface area (Å²) in [6, 6.07) is 10.9. The molecule has 0 saturated heterocycles. The average molecular weight is 310 g/mol. The number of rotatable bonds is 5. The third-order valence-electron chi connectivity index (χ3n) is 2.58. The highest BCUT2D eigenvalue weighted by molar-refractivity contribution is 9.10. The van der Waals surface area contributed by atoms with Crippen molar-refractivity contribution in [1.82, 2.24) is 0 Å². The third kappa shape index (κ3) is 3.86. The van der Waals surface area contributed by atoms with Crippen molar-refractivity contribution in [3.8, 4) is 0 Å². The highest BCUT2D eigenvalue weighted by Crippen LogP contribution is 2.21. The van der Waals surface area contributed by atoms with E-state index in [1.54, 1.807) is 11.3 Å². The number of thiophene rings is 1. The van der Waals surface area contributed by atoms with E-state index in [1.165, 1.54) is 22.5 Å². The molecule has 0 aliphatic heterocycles. The van der Waals surface area contributed by atoms with E-state index in [4.69, 9.17) is 0 Å². The van der Waals surface area contributed by atoms with Crippen molar-refractivity contribution >= 4 is 33.0 Å². The van der Waals surface area contributed by atoms with Gasteiger partial charge >= 0.3 is 0 Å². The van der Waals surface area contributed by atoms with Crippen molar-refractivity contribution in [2.75, 3.05) is 5.32 Å². The third-order valence-corrected chi connectivity index (χ3v) is 4.28. The van der Waals surface area contributed by atoms with E-state index in [-0.39, 0.29) is 0 Å². The summed E-state index contributed by atoms with van der Waals surface area (Å²) >= 11 is 5.24. The standard InChI is InChI=1S/C14H16BrNS/c1-2-3-11-4-6-13(7-5-11)16-9-14-8-12(15)10-17-14/h4-8,10,16H,2-3,9H2,1H3. The van der Waals surface area contributed by atoms with Crippen LogP contribution in [0.25, 0.3) is 0 Å². The van der Waals surface area contributed by atoms with Crippen LogP contribution in [0.5, 0.6) is 0 Å². The molecule has 0 radical (unpaired) electrons. The van der Waals surface area contributed by atoms with Gasteiger partial charge in [-0.15, -0.1) is 11.3 Å². The maximum absolute atomic E-state index is 3.47. The Hall–Kier alpha value is -0.800. The number of benzene rings is 1. The Morgan fingerprint density at radius 1 is 1.24 bits per heavy atom.